The molecule has 0 atom stereocenters. The highest BCUT2D eigenvalue weighted by molar-refractivity contribution is 5.79. The van der Waals surface area contributed by atoms with Crippen molar-refractivity contribution < 1.29 is 14.3 Å². The lowest BCUT2D eigenvalue weighted by atomic mass is 9.42. The molecule has 0 heterocycles. The van der Waals surface area contributed by atoms with Gasteiger partial charge in [0.1, 0.15) is 5.67 Å². The summed E-state index contributed by atoms with van der Waals surface area (Å²) in [4.78, 5) is 10.3. The smallest absolute Gasteiger partial charge is 0.309 e. The van der Waals surface area contributed by atoms with E-state index in [1.807, 2.05) is 0 Å². The van der Waals surface area contributed by atoms with E-state index >= 15 is 0 Å². The molecular weight excluding hydrogens is 123 g/mol. The summed E-state index contributed by atoms with van der Waals surface area (Å²) in [5.41, 5.74) is -1.70. The Morgan fingerprint density at radius 3 is 2.00 bits per heavy atom. The fourth-order valence-electron chi connectivity index (χ4n) is 1.89. The van der Waals surface area contributed by atoms with Gasteiger partial charge in [-0.25, -0.2) is 4.39 Å². The lowest BCUT2D eigenvalue weighted by Gasteiger charge is -2.62. The first-order valence-electron chi connectivity index (χ1n) is 2.99. The first-order chi connectivity index (χ1) is 4.06. The molecule has 0 amide bonds. The molecule has 9 heavy (non-hydrogen) atoms. The number of carbonyl (C=O) groups is 1. The number of alkyl halides is 1. The van der Waals surface area contributed by atoms with Crippen LogP contribution in [-0.4, -0.2) is 16.7 Å². The highest BCUT2D eigenvalue weighted by Gasteiger charge is 2.73. The normalized spacial score (nSPS) is 53.4. The van der Waals surface area contributed by atoms with E-state index in [1.54, 1.807) is 0 Å². The molecule has 0 aromatic heterocycles. The minimum atomic E-state index is -1.07. The zero-order valence-corrected chi connectivity index (χ0v) is 4.85. The summed E-state index contributed by atoms with van der Waals surface area (Å²) >= 11 is 0. The van der Waals surface area contributed by atoms with Gasteiger partial charge in [0, 0.05) is 0 Å². The topological polar surface area (TPSA) is 37.3 Å². The lowest BCUT2D eigenvalue weighted by Crippen LogP contribution is -2.67. The Hall–Kier alpha value is -0.600. The van der Waals surface area contributed by atoms with Gasteiger partial charge in [0.15, 0.2) is 0 Å². The Morgan fingerprint density at radius 2 is 1.89 bits per heavy atom. The quantitative estimate of drug-likeness (QED) is 0.574. The molecule has 3 aliphatic carbocycles. The second-order valence-electron chi connectivity index (χ2n) is 3.27. The molecule has 0 radical (unpaired) electrons. The van der Waals surface area contributed by atoms with Crippen molar-refractivity contribution in [2.75, 3.05) is 0 Å². The number of hydrogen-bond acceptors (Lipinski definition) is 1. The van der Waals surface area contributed by atoms with E-state index < -0.39 is 17.1 Å². The summed E-state index contributed by atoms with van der Waals surface area (Å²) in [6.45, 7) is 0. The predicted octanol–water partition coefficient (Wildman–Crippen LogP) is 0.963. The molecule has 0 aromatic carbocycles. The number of hydrogen-bond donors (Lipinski definition) is 1. The van der Waals surface area contributed by atoms with Crippen LogP contribution < -0.4 is 0 Å². The SMILES string of the molecule is O=C(O)[C@]12C[C@@](F)(C1)C2. The number of rotatable bonds is 1. The van der Waals surface area contributed by atoms with Crippen LogP contribution in [0.2, 0.25) is 0 Å². The van der Waals surface area contributed by atoms with Gasteiger partial charge in [-0.2, -0.15) is 0 Å². The van der Waals surface area contributed by atoms with Gasteiger partial charge in [-0.05, 0) is 19.3 Å². The van der Waals surface area contributed by atoms with Crippen LogP contribution in [0.5, 0.6) is 0 Å². The molecule has 0 spiro atoms. The summed E-state index contributed by atoms with van der Waals surface area (Å²) in [5.74, 6) is -0.818. The van der Waals surface area contributed by atoms with Gasteiger partial charge in [0.25, 0.3) is 0 Å². The van der Waals surface area contributed by atoms with Crippen molar-refractivity contribution in [1.82, 2.24) is 0 Å². The second-order valence-corrected chi connectivity index (χ2v) is 3.27. The molecular formula is C6H7FO2. The van der Waals surface area contributed by atoms with Gasteiger partial charge in [-0.15, -0.1) is 0 Å². The Labute approximate surface area is 51.7 Å². The molecule has 2 bridgehead atoms. The van der Waals surface area contributed by atoms with Gasteiger partial charge >= 0.3 is 5.97 Å². The van der Waals surface area contributed by atoms with Crippen LogP contribution in [0.4, 0.5) is 4.39 Å². The van der Waals surface area contributed by atoms with Crippen LogP contribution in [0, 0.1) is 5.41 Å². The van der Waals surface area contributed by atoms with Gasteiger partial charge < -0.3 is 5.11 Å². The predicted molar refractivity (Wildman–Crippen MR) is 27.8 cm³/mol. The minimum absolute atomic E-state index is 0.259. The number of carboxylic acids is 1. The van der Waals surface area contributed by atoms with Crippen LogP contribution in [0.25, 0.3) is 0 Å². The summed E-state index contributed by atoms with van der Waals surface area (Å²) in [6.07, 6.45) is 0.778. The van der Waals surface area contributed by atoms with E-state index in [1.165, 1.54) is 0 Å². The fourth-order valence-corrected chi connectivity index (χ4v) is 1.89. The number of aliphatic carboxylic acids is 1. The standard InChI is InChI=1S/C6H7FO2/c7-6-1-5(2-6,3-6)4(8)9/h1-3H2,(H,8,9)/t5-,6-. The van der Waals surface area contributed by atoms with Crippen LogP contribution in [-0.2, 0) is 4.79 Å². The molecule has 3 saturated carbocycles. The highest BCUT2D eigenvalue weighted by atomic mass is 19.1. The van der Waals surface area contributed by atoms with E-state index in [4.69, 9.17) is 5.11 Å². The first-order valence-corrected chi connectivity index (χ1v) is 2.99. The van der Waals surface area contributed by atoms with Gasteiger partial charge in [-0.1, -0.05) is 0 Å². The number of carboxylic acid groups (broad SMARTS) is 1. The lowest BCUT2D eigenvalue weighted by molar-refractivity contribution is -0.227. The van der Waals surface area contributed by atoms with Crippen molar-refractivity contribution in [3.63, 3.8) is 0 Å². The maximum absolute atomic E-state index is 12.6. The maximum atomic E-state index is 12.6. The average molecular weight is 130 g/mol. The van der Waals surface area contributed by atoms with Gasteiger partial charge in [0.05, 0.1) is 5.41 Å². The fraction of sp³-hybridized carbons (Fsp3) is 0.833. The zero-order chi connectivity index (χ0) is 6.70. The van der Waals surface area contributed by atoms with E-state index in [-0.39, 0.29) is 19.3 Å². The maximum Gasteiger partial charge on any atom is 0.309 e. The van der Waals surface area contributed by atoms with E-state index in [9.17, 15) is 9.18 Å². The van der Waals surface area contributed by atoms with Gasteiger partial charge in [-0.3, -0.25) is 4.79 Å². The zero-order valence-electron chi connectivity index (χ0n) is 4.85. The molecule has 3 rings (SSSR count). The minimum Gasteiger partial charge on any atom is -0.481 e. The third kappa shape index (κ3) is 0.394. The Balaban J connectivity index is 2.13. The molecule has 0 unspecified atom stereocenters. The third-order valence-corrected chi connectivity index (χ3v) is 2.42. The van der Waals surface area contributed by atoms with Crippen LogP contribution in [0.1, 0.15) is 19.3 Å². The molecule has 50 valence electrons. The Bertz CT molecular complexity index is 168. The molecule has 0 saturated heterocycles. The van der Waals surface area contributed by atoms with Crippen LogP contribution in [0.3, 0.4) is 0 Å². The molecule has 3 aliphatic rings. The Kier molecular flexibility index (Phi) is 0.579. The van der Waals surface area contributed by atoms with Crippen LogP contribution >= 0.6 is 0 Å². The molecule has 3 heteroatoms. The Morgan fingerprint density at radius 1 is 1.44 bits per heavy atom. The molecule has 1 N–H and O–H groups in total. The van der Waals surface area contributed by atoms with Crippen molar-refractivity contribution in [2.24, 2.45) is 5.41 Å². The van der Waals surface area contributed by atoms with Crippen molar-refractivity contribution in [3.8, 4) is 0 Å². The van der Waals surface area contributed by atoms with Crippen molar-refractivity contribution >= 4 is 5.97 Å². The van der Waals surface area contributed by atoms with Crippen molar-refractivity contribution in [2.45, 2.75) is 24.9 Å². The highest BCUT2D eigenvalue weighted by Crippen LogP contribution is 2.69. The molecule has 2 nitrogen and oxygen atoms in total. The number of halogens is 1. The van der Waals surface area contributed by atoms with E-state index in [0.717, 1.165) is 0 Å². The first kappa shape index (κ1) is 5.21. The second kappa shape index (κ2) is 1.00. The summed E-state index contributed by atoms with van der Waals surface area (Å²) in [6, 6.07) is 0. The average Bonchev–Trinajstić information content (AvgIpc) is 1.54. The molecule has 3 fully saturated rings. The summed E-state index contributed by atoms with van der Waals surface area (Å²) in [7, 11) is 0. The van der Waals surface area contributed by atoms with Crippen molar-refractivity contribution in [1.29, 1.82) is 0 Å². The van der Waals surface area contributed by atoms with E-state index in [2.05, 4.69) is 0 Å². The molecule has 0 aliphatic heterocycles. The molecule has 0 aromatic rings. The van der Waals surface area contributed by atoms with Crippen molar-refractivity contribution in [3.05, 3.63) is 0 Å². The van der Waals surface area contributed by atoms with Gasteiger partial charge in [0.2, 0.25) is 0 Å². The largest absolute Gasteiger partial charge is 0.481 e. The summed E-state index contributed by atoms with van der Waals surface area (Å²) in [5, 5.41) is 8.48. The summed E-state index contributed by atoms with van der Waals surface area (Å²) < 4.78 is 12.6. The monoisotopic (exact) mass is 130 g/mol. The van der Waals surface area contributed by atoms with Crippen LogP contribution in [0.15, 0.2) is 0 Å². The van der Waals surface area contributed by atoms with E-state index in [0.29, 0.717) is 0 Å². The third-order valence-electron chi connectivity index (χ3n) is 2.42.